The number of amides is 1. The van der Waals surface area contributed by atoms with Crippen LogP contribution in [0.4, 0.5) is 5.13 Å². The molecule has 0 atom stereocenters. The highest BCUT2D eigenvalue weighted by molar-refractivity contribution is 7.89. The van der Waals surface area contributed by atoms with E-state index in [9.17, 15) is 13.2 Å². The number of aryl methyl sites for hydroxylation is 1. The summed E-state index contributed by atoms with van der Waals surface area (Å²) in [6, 6.07) is 9.44. The maximum atomic E-state index is 13.0. The molecule has 1 amide bonds. The summed E-state index contributed by atoms with van der Waals surface area (Å²) in [5.74, 6) is -0.391. The molecule has 3 rings (SSSR count). The minimum atomic E-state index is -3.76. The predicted octanol–water partition coefficient (Wildman–Crippen LogP) is 3.79. The van der Waals surface area contributed by atoms with Crippen molar-refractivity contribution in [3.63, 3.8) is 0 Å². The molecule has 1 heterocycles. The van der Waals surface area contributed by atoms with Crippen molar-refractivity contribution in [3.05, 3.63) is 52.5 Å². The number of nitrogens with one attached hydrogen (secondary N) is 1. The van der Waals surface area contributed by atoms with Crippen LogP contribution in [0.25, 0.3) is 10.2 Å². The zero-order valence-electron chi connectivity index (χ0n) is 17.9. The molecule has 1 aromatic heterocycles. The fourth-order valence-electron chi connectivity index (χ4n) is 2.99. The Balaban J connectivity index is 1.77. The number of hydrogen-bond acceptors (Lipinski definition) is 7. The summed E-state index contributed by atoms with van der Waals surface area (Å²) >= 11 is 7.51. The highest BCUT2D eigenvalue weighted by Gasteiger charge is 2.24. The quantitative estimate of drug-likeness (QED) is 0.457. The topological polar surface area (TPSA) is 97.8 Å². The lowest BCUT2D eigenvalue weighted by molar-refractivity contribution is 0.102. The molecule has 0 radical (unpaired) electrons. The number of hydrogen-bond donors (Lipinski definition) is 1. The Hall–Kier alpha value is -2.08. The molecular weight excluding hydrogens is 474 g/mol. The van der Waals surface area contributed by atoms with E-state index in [1.54, 1.807) is 6.07 Å². The number of methoxy groups -OCH3 is 2. The monoisotopic (exact) mass is 497 g/mol. The Bertz CT molecular complexity index is 1150. The number of nitrogens with zero attached hydrogens (tertiary/aromatic N) is 2. The van der Waals surface area contributed by atoms with Gasteiger partial charge in [0.25, 0.3) is 5.91 Å². The average molecular weight is 498 g/mol. The van der Waals surface area contributed by atoms with Gasteiger partial charge in [0.2, 0.25) is 10.0 Å². The summed E-state index contributed by atoms with van der Waals surface area (Å²) in [6.07, 6.45) is 0. The number of carbonyl (C=O) groups is 1. The molecule has 0 aliphatic rings. The van der Waals surface area contributed by atoms with Gasteiger partial charge in [-0.05, 0) is 42.8 Å². The molecule has 32 heavy (non-hydrogen) atoms. The Morgan fingerprint density at radius 2 is 1.72 bits per heavy atom. The van der Waals surface area contributed by atoms with Crippen LogP contribution in [-0.4, -0.2) is 64.1 Å². The average Bonchev–Trinajstić information content (AvgIpc) is 3.21. The Labute approximate surface area is 196 Å². The van der Waals surface area contributed by atoms with Crippen molar-refractivity contribution in [2.75, 3.05) is 45.8 Å². The van der Waals surface area contributed by atoms with E-state index in [1.807, 2.05) is 13.0 Å². The van der Waals surface area contributed by atoms with Crippen LogP contribution in [0.2, 0.25) is 5.02 Å². The number of carbonyl (C=O) groups excluding carboxylic acids is 1. The normalized spacial score (nSPS) is 11.9. The molecule has 172 valence electrons. The summed E-state index contributed by atoms with van der Waals surface area (Å²) in [6.45, 7) is 2.84. The van der Waals surface area contributed by atoms with Gasteiger partial charge in [0.05, 0.1) is 33.3 Å². The van der Waals surface area contributed by atoms with Crippen molar-refractivity contribution in [1.82, 2.24) is 9.29 Å². The third-order valence-corrected chi connectivity index (χ3v) is 8.11. The van der Waals surface area contributed by atoms with Crippen LogP contribution in [0.15, 0.2) is 41.3 Å². The number of fused-ring (bicyclic) bond motifs is 1. The van der Waals surface area contributed by atoms with Crippen LogP contribution in [0, 0.1) is 6.92 Å². The first-order valence-corrected chi connectivity index (χ1v) is 12.4. The first-order chi connectivity index (χ1) is 15.3. The van der Waals surface area contributed by atoms with Gasteiger partial charge in [-0.1, -0.05) is 29.0 Å². The van der Waals surface area contributed by atoms with Crippen LogP contribution in [0.3, 0.4) is 0 Å². The van der Waals surface area contributed by atoms with E-state index in [0.717, 1.165) is 15.8 Å². The van der Waals surface area contributed by atoms with E-state index >= 15 is 0 Å². The van der Waals surface area contributed by atoms with E-state index in [2.05, 4.69) is 10.3 Å². The fourth-order valence-corrected chi connectivity index (χ4v) is 5.61. The predicted molar refractivity (Wildman–Crippen MR) is 126 cm³/mol. The standard InChI is InChI=1S/C21H24ClN3O5S2/c1-14-4-9-17(22)19-18(14)23-21(31-19)24-20(26)15-5-7-16(8-6-15)32(27,28)25(10-12-29-2)11-13-30-3/h4-9H,10-13H2,1-3H3,(H,23,24,26). The van der Waals surface area contributed by atoms with Crippen molar-refractivity contribution in [1.29, 1.82) is 0 Å². The summed E-state index contributed by atoms with van der Waals surface area (Å²) in [5, 5.41) is 3.75. The second-order valence-corrected chi connectivity index (χ2v) is 10.3. The van der Waals surface area contributed by atoms with Gasteiger partial charge in [0, 0.05) is 32.9 Å². The number of ether oxygens (including phenoxy) is 2. The molecule has 0 spiro atoms. The third-order valence-electron chi connectivity index (χ3n) is 4.76. The molecule has 0 fully saturated rings. The first kappa shape index (κ1) is 24.6. The molecule has 11 heteroatoms. The first-order valence-electron chi connectivity index (χ1n) is 9.73. The summed E-state index contributed by atoms with van der Waals surface area (Å²) in [5.41, 5.74) is 2.01. The van der Waals surface area contributed by atoms with Crippen molar-refractivity contribution >= 4 is 54.2 Å². The SMILES string of the molecule is COCCN(CCOC)S(=O)(=O)c1ccc(C(=O)Nc2nc3c(C)ccc(Cl)c3s2)cc1. The lowest BCUT2D eigenvalue weighted by atomic mass is 10.2. The van der Waals surface area contributed by atoms with E-state index in [0.29, 0.717) is 15.7 Å². The minimum Gasteiger partial charge on any atom is -0.383 e. The number of rotatable bonds is 10. The summed E-state index contributed by atoms with van der Waals surface area (Å²) < 4.78 is 38.1. The molecular formula is C21H24ClN3O5S2. The van der Waals surface area contributed by atoms with Gasteiger partial charge in [-0.2, -0.15) is 4.31 Å². The van der Waals surface area contributed by atoms with Gasteiger partial charge in [0.15, 0.2) is 5.13 Å². The number of thiazole rings is 1. The van der Waals surface area contributed by atoms with Gasteiger partial charge in [-0.15, -0.1) is 0 Å². The number of sulfonamides is 1. The van der Waals surface area contributed by atoms with Crippen molar-refractivity contribution in [3.8, 4) is 0 Å². The largest absolute Gasteiger partial charge is 0.383 e. The molecule has 8 nitrogen and oxygen atoms in total. The smallest absolute Gasteiger partial charge is 0.257 e. The van der Waals surface area contributed by atoms with E-state index in [1.165, 1.54) is 54.1 Å². The van der Waals surface area contributed by atoms with Crippen LogP contribution in [0.1, 0.15) is 15.9 Å². The van der Waals surface area contributed by atoms with E-state index in [4.69, 9.17) is 21.1 Å². The Morgan fingerprint density at radius 1 is 1.09 bits per heavy atom. The Kier molecular flexibility index (Phi) is 8.21. The maximum Gasteiger partial charge on any atom is 0.257 e. The van der Waals surface area contributed by atoms with Gasteiger partial charge in [0.1, 0.15) is 0 Å². The zero-order valence-corrected chi connectivity index (χ0v) is 20.3. The molecule has 3 aromatic rings. The molecule has 0 aliphatic heterocycles. The lowest BCUT2D eigenvalue weighted by Gasteiger charge is -2.21. The van der Waals surface area contributed by atoms with Crippen LogP contribution >= 0.6 is 22.9 Å². The van der Waals surface area contributed by atoms with Gasteiger partial charge < -0.3 is 9.47 Å². The number of benzene rings is 2. The minimum absolute atomic E-state index is 0.0867. The van der Waals surface area contributed by atoms with Gasteiger partial charge in [-0.25, -0.2) is 13.4 Å². The van der Waals surface area contributed by atoms with E-state index < -0.39 is 15.9 Å². The lowest BCUT2D eigenvalue weighted by Crippen LogP contribution is -2.36. The molecule has 2 aromatic carbocycles. The van der Waals surface area contributed by atoms with Crippen molar-refractivity contribution in [2.45, 2.75) is 11.8 Å². The number of halogens is 1. The molecule has 0 bridgehead atoms. The van der Waals surface area contributed by atoms with Gasteiger partial charge in [-0.3, -0.25) is 10.1 Å². The highest BCUT2D eigenvalue weighted by atomic mass is 35.5. The second kappa shape index (κ2) is 10.7. The maximum absolute atomic E-state index is 13.0. The van der Waals surface area contributed by atoms with Gasteiger partial charge >= 0.3 is 0 Å². The molecule has 1 N–H and O–H groups in total. The number of aromatic nitrogens is 1. The molecule has 0 aliphatic carbocycles. The summed E-state index contributed by atoms with van der Waals surface area (Å²) in [4.78, 5) is 17.2. The third kappa shape index (κ3) is 5.45. The molecule has 0 saturated carbocycles. The number of anilines is 1. The fraction of sp³-hybridized carbons (Fsp3) is 0.333. The molecule has 0 saturated heterocycles. The molecule has 0 unspecified atom stereocenters. The Morgan fingerprint density at radius 3 is 2.28 bits per heavy atom. The van der Waals surface area contributed by atoms with Crippen molar-refractivity contribution < 1.29 is 22.7 Å². The zero-order chi connectivity index (χ0) is 23.3. The van der Waals surface area contributed by atoms with Crippen LogP contribution in [0.5, 0.6) is 0 Å². The van der Waals surface area contributed by atoms with E-state index in [-0.39, 0.29) is 31.2 Å². The second-order valence-electron chi connectivity index (χ2n) is 6.93. The van der Waals surface area contributed by atoms with Crippen LogP contribution < -0.4 is 5.32 Å². The van der Waals surface area contributed by atoms with Crippen LogP contribution in [-0.2, 0) is 19.5 Å². The van der Waals surface area contributed by atoms with Crippen molar-refractivity contribution in [2.24, 2.45) is 0 Å². The summed E-state index contributed by atoms with van der Waals surface area (Å²) in [7, 11) is -0.739. The highest BCUT2D eigenvalue weighted by Crippen LogP contribution is 2.34.